The summed E-state index contributed by atoms with van der Waals surface area (Å²) in [6, 6.07) is 25.2. The quantitative estimate of drug-likeness (QED) is 0.334. The summed E-state index contributed by atoms with van der Waals surface area (Å²) >= 11 is 0. The van der Waals surface area contributed by atoms with Gasteiger partial charge < -0.3 is 29.3 Å². The van der Waals surface area contributed by atoms with Crippen LogP contribution in [0.2, 0.25) is 0 Å². The van der Waals surface area contributed by atoms with Crippen LogP contribution in [0.15, 0.2) is 84.9 Å². The molecule has 0 atom stereocenters. The SMILES string of the molecule is O=C([O-])c1cccc2c1Cc1ccccc1O2.O=C([O-])c1cccc2c1Cc1ccccc1O2.[Fe+2]. The number of carbonyl (C=O) groups is 2. The first-order valence-corrected chi connectivity index (χ1v) is 10.7. The van der Waals surface area contributed by atoms with Gasteiger partial charge in [-0.1, -0.05) is 60.7 Å². The number of carbonyl (C=O) groups excluding carboxylic acids is 2. The Labute approximate surface area is 212 Å². The molecule has 0 saturated carbocycles. The molecule has 0 N–H and O–H groups in total. The average Bonchev–Trinajstić information content (AvgIpc) is 2.85. The van der Waals surface area contributed by atoms with Crippen LogP contribution in [-0.4, -0.2) is 11.9 Å². The summed E-state index contributed by atoms with van der Waals surface area (Å²) in [7, 11) is 0. The molecule has 35 heavy (non-hydrogen) atoms. The molecule has 0 aromatic heterocycles. The molecule has 0 saturated heterocycles. The fourth-order valence-corrected chi connectivity index (χ4v) is 4.19. The first kappa shape index (κ1) is 24.1. The molecule has 0 aliphatic carbocycles. The molecular weight excluding hydrogens is 488 g/mol. The van der Waals surface area contributed by atoms with Crippen LogP contribution in [0, 0.1) is 0 Å². The van der Waals surface area contributed by atoms with E-state index in [-0.39, 0.29) is 28.2 Å². The Balaban J connectivity index is 0.000000160. The van der Waals surface area contributed by atoms with Crippen LogP contribution < -0.4 is 19.7 Å². The van der Waals surface area contributed by atoms with Crippen LogP contribution in [0.4, 0.5) is 0 Å². The number of rotatable bonds is 2. The molecule has 0 fully saturated rings. The summed E-state index contributed by atoms with van der Waals surface area (Å²) in [6.45, 7) is 0. The van der Waals surface area contributed by atoms with Gasteiger partial charge in [-0.25, -0.2) is 0 Å². The molecule has 4 aromatic rings. The van der Waals surface area contributed by atoms with Gasteiger partial charge in [0.25, 0.3) is 0 Å². The smallest absolute Gasteiger partial charge is 0.545 e. The predicted octanol–water partition coefficient (Wildman–Crippen LogP) is 3.49. The normalized spacial score (nSPS) is 11.9. The molecule has 2 heterocycles. The summed E-state index contributed by atoms with van der Waals surface area (Å²) < 4.78 is 11.4. The van der Waals surface area contributed by atoms with Gasteiger partial charge in [0.05, 0.1) is 11.9 Å². The molecule has 0 amide bonds. The van der Waals surface area contributed by atoms with Gasteiger partial charge >= 0.3 is 17.1 Å². The molecule has 6 rings (SSSR count). The molecule has 0 spiro atoms. The standard InChI is InChI=1S/2C14H10O3.Fe/c2*15-14(16)10-5-3-7-13-11(10)8-9-4-1-2-6-12(9)17-13;/h2*1-7H,8H2,(H,15,16);/q;;+2/p-2. The number of hydrogen-bond acceptors (Lipinski definition) is 6. The van der Waals surface area contributed by atoms with Gasteiger partial charge in [-0.15, -0.1) is 0 Å². The van der Waals surface area contributed by atoms with Gasteiger partial charge in [-0.05, 0) is 35.4 Å². The van der Waals surface area contributed by atoms with Crippen LogP contribution in [0.25, 0.3) is 0 Å². The van der Waals surface area contributed by atoms with E-state index in [4.69, 9.17) is 9.47 Å². The van der Waals surface area contributed by atoms with Gasteiger partial charge in [-0.3, -0.25) is 0 Å². The molecular formula is C28H18FeO6. The van der Waals surface area contributed by atoms with Gasteiger partial charge in [0.15, 0.2) is 0 Å². The Morgan fingerprint density at radius 2 is 0.914 bits per heavy atom. The van der Waals surface area contributed by atoms with Crippen molar-refractivity contribution in [1.29, 1.82) is 0 Å². The molecule has 4 aromatic carbocycles. The van der Waals surface area contributed by atoms with Crippen molar-refractivity contribution in [1.82, 2.24) is 0 Å². The van der Waals surface area contributed by atoms with Crippen molar-refractivity contribution in [2.75, 3.05) is 0 Å². The summed E-state index contributed by atoms with van der Waals surface area (Å²) in [6.07, 6.45) is 1.13. The van der Waals surface area contributed by atoms with E-state index in [2.05, 4.69) is 0 Å². The maximum Gasteiger partial charge on any atom is 2.00 e. The molecule has 2 aliphatic rings. The number of ether oxygens (including phenoxy) is 2. The van der Waals surface area contributed by atoms with E-state index >= 15 is 0 Å². The van der Waals surface area contributed by atoms with Gasteiger partial charge in [0.1, 0.15) is 23.0 Å². The largest absolute Gasteiger partial charge is 2.00 e. The van der Waals surface area contributed by atoms with E-state index in [1.165, 1.54) is 0 Å². The zero-order valence-corrected chi connectivity index (χ0v) is 19.4. The number of aromatic carboxylic acids is 2. The topological polar surface area (TPSA) is 98.7 Å². The second-order valence-corrected chi connectivity index (χ2v) is 7.91. The molecule has 7 heteroatoms. The first-order chi connectivity index (χ1) is 16.5. The molecule has 6 nitrogen and oxygen atoms in total. The third kappa shape index (κ3) is 4.78. The Kier molecular flexibility index (Phi) is 6.92. The van der Waals surface area contributed by atoms with Crippen molar-refractivity contribution < 1.29 is 46.3 Å². The maximum absolute atomic E-state index is 11.0. The van der Waals surface area contributed by atoms with Crippen molar-refractivity contribution in [3.8, 4) is 23.0 Å². The number of hydrogen-bond donors (Lipinski definition) is 0. The number of carboxylic acid groups (broad SMARTS) is 2. The number of benzene rings is 4. The third-order valence-corrected chi connectivity index (χ3v) is 5.83. The predicted molar refractivity (Wildman–Crippen MR) is 120 cm³/mol. The fraction of sp³-hybridized carbons (Fsp3) is 0.0714. The average molecular weight is 506 g/mol. The van der Waals surface area contributed by atoms with Gasteiger partial charge in [-0.2, -0.15) is 0 Å². The molecule has 0 radical (unpaired) electrons. The second-order valence-electron chi connectivity index (χ2n) is 7.91. The van der Waals surface area contributed by atoms with Gasteiger partial charge in [0, 0.05) is 35.1 Å². The molecule has 2 aliphatic heterocycles. The minimum atomic E-state index is -1.16. The number of carboxylic acids is 2. The third-order valence-electron chi connectivity index (χ3n) is 5.83. The van der Waals surface area contributed by atoms with Crippen molar-refractivity contribution >= 4 is 11.9 Å². The zero-order valence-electron chi connectivity index (χ0n) is 18.3. The Hall–Kier alpha value is -4.06. The number of para-hydroxylation sites is 2. The summed E-state index contributed by atoms with van der Waals surface area (Å²) in [4.78, 5) is 22.0. The van der Waals surface area contributed by atoms with Crippen LogP contribution in [0.5, 0.6) is 23.0 Å². The van der Waals surface area contributed by atoms with Crippen molar-refractivity contribution in [2.24, 2.45) is 0 Å². The summed E-state index contributed by atoms with van der Waals surface area (Å²) in [5.41, 5.74) is 3.77. The van der Waals surface area contributed by atoms with Crippen LogP contribution >= 0.6 is 0 Å². The van der Waals surface area contributed by atoms with E-state index in [0.717, 1.165) is 22.6 Å². The second kappa shape index (κ2) is 10.1. The Morgan fingerprint density at radius 1 is 0.543 bits per heavy atom. The number of fused-ring (bicyclic) bond motifs is 4. The monoisotopic (exact) mass is 506 g/mol. The van der Waals surface area contributed by atoms with E-state index in [9.17, 15) is 19.8 Å². The van der Waals surface area contributed by atoms with E-state index in [0.29, 0.717) is 35.5 Å². The fourth-order valence-electron chi connectivity index (χ4n) is 4.19. The van der Waals surface area contributed by atoms with Crippen molar-refractivity contribution in [3.05, 3.63) is 118 Å². The Bertz CT molecular complexity index is 1320. The summed E-state index contributed by atoms with van der Waals surface area (Å²) in [5.74, 6) is 0.455. The van der Waals surface area contributed by atoms with Crippen LogP contribution in [0.3, 0.4) is 0 Å². The summed E-state index contributed by atoms with van der Waals surface area (Å²) in [5, 5.41) is 22.0. The molecule has 0 bridgehead atoms. The molecule has 0 unspecified atom stereocenters. The minimum Gasteiger partial charge on any atom is -0.545 e. The van der Waals surface area contributed by atoms with E-state index in [1.807, 2.05) is 48.5 Å². The first-order valence-electron chi connectivity index (χ1n) is 10.7. The minimum absolute atomic E-state index is 0. The maximum atomic E-state index is 11.0. The van der Waals surface area contributed by atoms with Crippen molar-refractivity contribution in [2.45, 2.75) is 12.8 Å². The molecule has 174 valence electrons. The van der Waals surface area contributed by atoms with E-state index < -0.39 is 11.9 Å². The Morgan fingerprint density at radius 3 is 1.31 bits per heavy atom. The zero-order chi connectivity index (χ0) is 23.7. The van der Waals surface area contributed by atoms with Crippen molar-refractivity contribution in [3.63, 3.8) is 0 Å². The van der Waals surface area contributed by atoms with Crippen LogP contribution in [-0.2, 0) is 29.9 Å². The van der Waals surface area contributed by atoms with Crippen LogP contribution in [0.1, 0.15) is 43.0 Å². The van der Waals surface area contributed by atoms with E-state index in [1.54, 1.807) is 36.4 Å². The van der Waals surface area contributed by atoms with Gasteiger partial charge in [0.2, 0.25) is 0 Å².